The van der Waals surface area contributed by atoms with E-state index in [0.29, 0.717) is 18.4 Å². The smallest absolute Gasteiger partial charge is 0.126 e. The SMILES string of the molecule is CCc1ccc(C2(O)CCc3c(F)cccc32)cc1. The van der Waals surface area contributed by atoms with Crippen LogP contribution in [0.25, 0.3) is 0 Å². The van der Waals surface area contributed by atoms with Gasteiger partial charge in [-0.2, -0.15) is 0 Å². The second kappa shape index (κ2) is 4.46. The maximum Gasteiger partial charge on any atom is 0.126 e. The molecule has 1 atom stereocenters. The quantitative estimate of drug-likeness (QED) is 0.871. The van der Waals surface area contributed by atoms with Gasteiger partial charge in [-0.05, 0) is 47.6 Å². The maximum absolute atomic E-state index is 13.8. The number of fused-ring (bicyclic) bond motifs is 1. The lowest BCUT2D eigenvalue weighted by molar-refractivity contribution is 0.0829. The lowest BCUT2D eigenvalue weighted by Crippen LogP contribution is -2.23. The molecule has 0 spiro atoms. The zero-order valence-electron chi connectivity index (χ0n) is 11.0. The molecule has 0 bridgehead atoms. The molecule has 0 amide bonds. The third kappa shape index (κ3) is 1.87. The van der Waals surface area contributed by atoms with E-state index in [2.05, 4.69) is 6.92 Å². The van der Waals surface area contributed by atoms with Gasteiger partial charge in [0.25, 0.3) is 0 Å². The van der Waals surface area contributed by atoms with E-state index in [0.717, 1.165) is 17.5 Å². The van der Waals surface area contributed by atoms with Gasteiger partial charge >= 0.3 is 0 Å². The fourth-order valence-electron chi connectivity index (χ4n) is 2.96. The Morgan fingerprint density at radius 1 is 1.16 bits per heavy atom. The van der Waals surface area contributed by atoms with Crippen LogP contribution in [0.1, 0.15) is 35.6 Å². The van der Waals surface area contributed by atoms with Crippen molar-refractivity contribution in [2.45, 2.75) is 31.8 Å². The van der Waals surface area contributed by atoms with E-state index >= 15 is 0 Å². The normalized spacial score (nSPS) is 21.4. The summed E-state index contributed by atoms with van der Waals surface area (Å²) in [4.78, 5) is 0. The number of rotatable bonds is 2. The van der Waals surface area contributed by atoms with Crippen molar-refractivity contribution < 1.29 is 9.50 Å². The molecule has 0 aromatic heterocycles. The van der Waals surface area contributed by atoms with Crippen LogP contribution in [-0.2, 0) is 18.4 Å². The fourth-order valence-corrected chi connectivity index (χ4v) is 2.96. The van der Waals surface area contributed by atoms with Crippen LogP contribution in [0.4, 0.5) is 4.39 Å². The Morgan fingerprint density at radius 3 is 2.58 bits per heavy atom. The standard InChI is InChI=1S/C17H17FO/c1-2-12-6-8-13(9-7-12)17(19)11-10-14-15(17)4-3-5-16(14)18/h3-9,19H,2,10-11H2,1H3. The lowest BCUT2D eigenvalue weighted by atomic mass is 9.87. The van der Waals surface area contributed by atoms with Crippen molar-refractivity contribution in [3.63, 3.8) is 0 Å². The molecule has 1 aliphatic rings. The van der Waals surface area contributed by atoms with Gasteiger partial charge in [0.05, 0.1) is 0 Å². The van der Waals surface area contributed by atoms with Crippen molar-refractivity contribution in [2.24, 2.45) is 0 Å². The van der Waals surface area contributed by atoms with Gasteiger partial charge in [-0.1, -0.05) is 43.3 Å². The minimum Gasteiger partial charge on any atom is -0.380 e. The van der Waals surface area contributed by atoms with Gasteiger partial charge in [0.15, 0.2) is 0 Å². The largest absolute Gasteiger partial charge is 0.380 e. The van der Waals surface area contributed by atoms with Crippen molar-refractivity contribution in [3.05, 3.63) is 70.5 Å². The molecule has 1 nitrogen and oxygen atoms in total. The van der Waals surface area contributed by atoms with Crippen LogP contribution in [0.2, 0.25) is 0 Å². The minimum atomic E-state index is -1.04. The molecule has 2 heteroatoms. The second-order valence-corrected chi connectivity index (χ2v) is 5.18. The van der Waals surface area contributed by atoms with Crippen molar-refractivity contribution >= 4 is 0 Å². The average Bonchev–Trinajstić information content (AvgIpc) is 2.79. The molecule has 0 saturated carbocycles. The highest BCUT2D eigenvalue weighted by Gasteiger charge is 2.39. The molecule has 2 aromatic rings. The van der Waals surface area contributed by atoms with Crippen molar-refractivity contribution in [2.75, 3.05) is 0 Å². The van der Waals surface area contributed by atoms with E-state index in [9.17, 15) is 9.50 Å². The van der Waals surface area contributed by atoms with Crippen LogP contribution >= 0.6 is 0 Å². The molecule has 3 rings (SSSR count). The molecular weight excluding hydrogens is 239 g/mol. The molecule has 0 heterocycles. The van der Waals surface area contributed by atoms with Crippen molar-refractivity contribution in [3.8, 4) is 0 Å². The minimum absolute atomic E-state index is 0.210. The summed E-state index contributed by atoms with van der Waals surface area (Å²) in [5.41, 5.74) is 2.43. The lowest BCUT2D eigenvalue weighted by Gasteiger charge is -2.25. The first-order chi connectivity index (χ1) is 9.15. The second-order valence-electron chi connectivity index (χ2n) is 5.18. The van der Waals surface area contributed by atoms with Gasteiger partial charge in [0.2, 0.25) is 0 Å². The van der Waals surface area contributed by atoms with Gasteiger partial charge in [-0.25, -0.2) is 4.39 Å². The first-order valence-corrected chi connectivity index (χ1v) is 6.75. The Morgan fingerprint density at radius 2 is 1.89 bits per heavy atom. The number of aryl methyl sites for hydroxylation is 1. The molecule has 19 heavy (non-hydrogen) atoms. The Bertz CT molecular complexity index is 603. The number of hydrogen-bond acceptors (Lipinski definition) is 1. The molecule has 2 aromatic carbocycles. The number of benzene rings is 2. The first kappa shape index (κ1) is 12.4. The van der Waals surface area contributed by atoms with Crippen LogP contribution in [0.3, 0.4) is 0 Å². The predicted molar refractivity (Wildman–Crippen MR) is 73.5 cm³/mol. The molecular formula is C17H17FO. The van der Waals surface area contributed by atoms with Gasteiger partial charge in [0.1, 0.15) is 11.4 Å². The molecule has 1 N–H and O–H groups in total. The Labute approximate surface area is 112 Å². The van der Waals surface area contributed by atoms with E-state index in [1.165, 1.54) is 11.6 Å². The summed E-state index contributed by atoms with van der Waals surface area (Å²) >= 11 is 0. The van der Waals surface area contributed by atoms with Gasteiger partial charge in [-0.3, -0.25) is 0 Å². The van der Waals surface area contributed by atoms with Gasteiger partial charge < -0.3 is 5.11 Å². The summed E-state index contributed by atoms with van der Waals surface area (Å²) in [5.74, 6) is -0.210. The van der Waals surface area contributed by atoms with E-state index in [4.69, 9.17) is 0 Å². The monoisotopic (exact) mass is 256 g/mol. The predicted octanol–water partition coefficient (Wildman–Crippen LogP) is 3.57. The van der Waals surface area contributed by atoms with Gasteiger partial charge in [-0.15, -0.1) is 0 Å². The highest BCUT2D eigenvalue weighted by atomic mass is 19.1. The zero-order valence-corrected chi connectivity index (χ0v) is 11.0. The third-order valence-electron chi connectivity index (χ3n) is 4.14. The molecule has 1 unspecified atom stereocenters. The number of aliphatic hydroxyl groups is 1. The summed E-state index contributed by atoms with van der Waals surface area (Å²) in [5, 5.41) is 10.9. The van der Waals surface area contributed by atoms with E-state index < -0.39 is 5.60 Å². The van der Waals surface area contributed by atoms with Crippen molar-refractivity contribution in [1.29, 1.82) is 0 Å². The summed E-state index contributed by atoms with van der Waals surface area (Å²) < 4.78 is 13.8. The Kier molecular flexibility index (Phi) is 2.90. The van der Waals surface area contributed by atoms with Crippen LogP contribution in [0, 0.1) is 5.82 Å². The van der Waals surface area contributed by atoms with Crippen molar-refractivity contribution in [1.82, 2.24) is 0 Å². The molecule has 0 fully saturated rings. The highest BCUT2D eigenvalue weighted by Crippen LogP contribution is 2.42. The highest BCUT2D eigenvalue weighted by molar-refractivity contribution is 5.46. The van der Waals surface area contributed by atoms with Gasteiger partial charge in [0, 0.05) is 0 Å². The maximum atomic E-state index is 13.8. The molecule has 1 aliphatic carbocycles. The number of halogens is 1. The van der Waals surface area contributed by atoms with Crippen LogP contribution in [0.5, 0.6) is 0 Å². The van der Waals surface area contributed by atoms with E-state index in [1.807, 2.05) is 30.3 Å². The third-order valence-corrected chi connectivity index (χ3v) is 4.14. The Hall–Kier alpha value is -1.67. The average molecular weight is 256 g/mol. The molecule has 0 aliphatic heterocycles. The van der Waals surface area contributed by atoms with Crippen LogP contribution in [0.15, 0.2) is 42.5 Å². The summed E-state index contributed by atoms with van der Waals surface area (Å²) in [6.45, 7) is 2.10. The Balaban J connectivity index is 2.08. The topological polar surface area (TPSA) is 20.2 Å². The summed E-state index contributed by atoms with van der Waals surface area (Å²) in [6, 6.07) is 12.9. The molecule has 0 radical (unpaired) electrons. The van der Waals surface area contributed by atoms with Crippen LogP contribution in [-0.4, -0.2) is 5.11 Å². The fraction of sp³-hybridized carbons (Fsp3) is 0.294. The van der Waals surface area contributed by atoms with E-state index in [-0.39, 0.29) is 5.82 Å². The molecule has 98 valence electrons. The zero-order chi connectivity index (χ0) is 13.5. The number of hydrogen-bond donors (Lipinski definition) is 1. The molecule has 0 saturated heterocycles. The first-order valence-electron chi connectivity index (χ1n) is 6.75. The summed E-state index contributed by atoms with van der Waals surface area (Å²) in [6.07, 6.45) is 2.12. The summed E-state index contributed by atoms with van der Waals surface area (Å²) in [7, 11) is 0. The van der Waals surface area contributed by atoms with E-state index in [1.54, 1.807) is 6.07 Å². The van der Waals surface area contributed by atoms with Crippen LogP contribution < -0.4 is 0 Å².